The third-order valence-corrected chi connectivity index (χ3v) is 9.40. The van der Waals surface area contributed by atoms with Gasteiger partial charge in [0.1, 0.15) is 4.08 Å². The van der Waals surface area contributed by atoms with Crippen LogP contribution in [0.4, 0.5) is 0 Å². The third-order valence-electron chi connectivity index (χ3n) is 4.64. The lowest BCUT2D eigenvalue weighted by Gasteiger charge is -2.41. The van der Waals surface area contributed by atoms with Crippen molar-refractivity contribution in [3.63, 3.8) is 0 Å². The first-order valence-corrected chi connectivity index (χ1v) is 11.8. The van der Waals surface area contributed by atoms with Crippen LogP contribution in [0.15, 0.2) is 84.3 Å². The van der Waals surface area contributed by atoms with Gasteiger partial charge in [0.2, 0.25) is 0 Å². The minimum absolute atomic E-state index is 0.0685. The molecule has 2 heterocycles. The van der Waals surface area contributed by atoms with Crippen LogP contribution in [-0.4, -0.2) is 11.5 Å². The van der Waals surface area contributed by atoms with E-state index in [1.165, 1.54) is 33.9 Å². The molecule has 3 heteroatoms. The SMILES string of the molecule is C(=C\[C@@H](c1ccccc1)C1(c2cccs2)SCCCS1)/c1ccccc1. The molecule has 0 bridgehead atoms. The maximum absolute atomic E-state index is 2.43. The second-order valence-electron chi connectivity index (χ2n) is 6.35. The van der Waals surface area contributed by atoms with Crippen LogP contribution >= 0.6 is 34.9 Å². The van der Waals surface area contributed by atoms with Gasteiger partial charge in [0, 0.05) is 10.8 Å². The van der Waals surface area contributed by atoms with Gasteiger partial charge in [-0.15, -0.1) is 34.9 Å². The molecule has 0 amide bonds. The molecule has 0 saturated carbocycles. The highest BCUT2D eigenvalue weighted by molar-refractivity contribution is 8.18. The van der Waals surface area contributed by atoms with Crippen LogP contribution in [0, 0.1) is 0 Å². The van der Waals surface area contributed by atoms with Gasteiger partial charge in [0.15, 0.2) is 0 Å². The number of rotatable bonds is 5. The largest absolute Gasteiger partial charge is 0.147 e. The molecule has 2 aromatic carbocycles. The highest BCUT2D eigenvalue weighted by Crippen LogP contribution is 2.60. The second kappa shape index (κ2) is 8.51. The van der Waals surface area contributed by atoms with E-state index in [1.807, 2.05) is 11.3 Å². The molecule has 26 heavy (non-hydrogen) atoms. The van der Waals surface area contributed by atoms with Gasteiger partial charge in [0.25, 0.3) is 0 Å². The second-order valence-corrected chi connectivity index (χ2v) is 10.2. The maximum Gasteiger partial charge on any atom is 0.105 e. The number of thioether (sulfide) groups is 2. The average Bonchev–Trinajstić information content (AvgIpc) is 3.26. The van der Waals surface area contributed by atoms with Crippen molar-refractivity contribution in [3.8, 4) is 0 Å². The minimum atomic E-state index is 0.0685. The predicted molar refractivity (Wildman–Crippen MR) is 120 cm³/mol. The summed E-state index contributed by atoms with van der Waals surface area (Å²) in [6.45, 7) is 0. The summed E-state index contributed by atoms with van der Waals surface area (Å²) in [5, 5.41) is 2.22. The molecule has 0 radical (unpaired) electrons. The highest BCUT2D eigenvalue weighted by atomic mass is 32.2. The summed E-state index contributed by atoms with van der Waals surface area (Å²) in [4.78, 5) is 1.48. The Morgan fingerprint density at radius 1 is 0.808 bits per heavy atom. The predicted octanol–water partition coefficient (Wildman–Crippen LogP) is 7.27. The van der Waals surface area contributed by atoms with E-state index >= 15 is 0 Å². The molecule has 1 atom stereocenters. The first-order valence-electron chi connectivity index (χ1n) is 8.98. The van der Waals surface area contributed by atoms with Crippen molar-refractivity contribution < 1.29 is 0 Å². The van der Waals surface area contributed by atoms with Crippen LogP contribution in [0.5, 0.6) is 0 Å². The Morgan fingerprint density at radius 3 is 2.15 bits per heavy atom. The lowest BCUT2D eigenvalue weighted by Crippen LogP contribution is -2.28. The lowest BCUT2D eigenvalue weighted by atomic mass is 9.92. The van der Waals surface area contributed by atoms with Crippen LogP contribution in [0.1, 0.15) is 28.3 Å². The molecule has 1 fully saturated rings. The zero-order valence-corrected chi connectivity index (χ0v) is 17.0. The Balaban J connectivity index is 1.79. The number of benzene rings is 2. The Hall–Kier alpha value is -1.42. The van der Waals surface area contributed by atoms with E-state index in [-0.39, 0.29) is 4.08 Å². The summed E-state index contributed by atoms with van der Waals surface area (Å²) in [5.41, 5.74) is 2.66. The number of hydrogen-bond donors (Lipinski definition) is 0. The molecule has 132 valence electrons. The van der Waals surface area contributed by atoms with Crippen molar-refractivity contribution >= 4 is 40.9 Å². The van der Waals surface area contributed by atoms with Gasteiger partial charge in [-0.3, -0.25) is 0 Å². The first-order chi connectivity index (χ1) is 12.9. The first kappa shape index (κ1) is 18.0. The zero-order valence-electron chi connectivity index (χ0n) is 14.6. The lowest BCUT2D eigenvalue weighted by molar-refractivity contribution is 0.764. The molecule has 0 spiro atoms. The Kier molecular flexibility index (Phi) is 5.88. The van der Waals surface area contributed by atoms with Crippen molar-refractivity contribution in [2.75, 3.05) is 11.5 Å². The molecule has 1 saturated heterocycles. The van der Waals surface area contributed by atoms with E-state index in [2.05, 4.69) is 114 Å². The molecule has 1 aliphatic rings. The molecule has 0 aliphatic carbocycles. The van der Waals surface area contributed by atoms with E-state index < -0.39 is 0 Å². The van der Waals surface area contributed by atoms with Crippen LogP contribution < -0.4 is 0 Å². The third kappa shape index (κ3) is 3.80. The standard InChI is InChI=1S/C23H22S3/c1-3-9-19(10-4-1)14-15-21(20-11-5-2-6-12-20)23(22-13-7-16-24-22)25-17-8-18-26-23/h1-7,9-16,21H,8,17-18H2/b15-14+/t21-/m0/s1. The van der Waals surface area contributed by atoms with Crippen molar-refractivity contribution in [2.24, 2.45) is 0 Å². The van der Waals surface area contributed by atoms with Crippen molar-refractivity contribution in [1.29, 1.82) is 0 Å². The molecule has 0 unspecified atom stereocenters. The van der Waals surface area contributed by atoms with Gasteiger partial charge in [-0.1, -0.05) is 78.9 Å². The smallest absolute Gasteiger partial charge is 0.105 e. The molecule has 1 aromatic heterocycles. The van der Waals surface area contributed by atoms with Gasteiger partial charge < -0.3 is 0 Å². The molecule has 3 aromatic rings. The summed E-state index contributed by atoms with van der Waals surface area (Å²) >= 11 is 6.15. The summed E-state index contributed by atoms with van der Waals surface area (Å²) < 4.78 is 0.0685. The van der Waals surface area contributed by atoms with Gasteiger partial charge in [-0.05, 0) is 40.5 Å². The fourth-order valence-electron chi connectivity index (χ4n) is 3.39. The van der Waals surface area contributed by atoms with Crippen molar-refractivity contribution in [2.45, 2.75) is 16.4 Å². The number of thiophene rings is 1. The van der Waals surface area contributed by atoms with E-state index in [9.17, 15) is 0 Å². The number of allylic oxidation sites excluding steroid dienone is 1. The fourth-order valence-corrected chi connectivity index (χ4v) is 8.19. The molecular formula is C23H22S3. The molecule has 0 N–H and O–H groups in total. The molecule has 1 aliphatic heterocycles. The van der Waals surface area contributed by atoms with Crippen LogP contribution in [0.2, 0.25) is 0 Å². The highest BCUT2D eigenvalue weighted by Gasteiger charge is 2.43. The molecule has 4 rings (SSSR count). The van der Waals surface area contributed by atoms with Crippen LogP contribution in [0.25, 0.3) is 6.08 Å². The summed E-state index contributed by atoms with van der Waals surface area (Å²) in [7, 11) is 0. The van der Waals surface area contributed by atoms with Crippen molar-refractivity contribution in [1.82, 2.24) is 0 Å². The van der Waals surface area contributed by atoms with Crippen LogP contribution in [-0.2, 0) is 4.08 Å². The summed E-state index contributed by atoms with van der Waals surface area (Å²) in [5.74, 6) is 2.80. The van der Waals surface area contributed by atoms with E-state index in [0.717, 1.165) is 0 Å². The minimum Gasteiger partial charge on any atom is -0.147 e. The normalized spacial score (nSPS) is 18.0. The topological polar surface area (TPSA) is 0 Å². The van der Waals surface area contributed by atoms with E-state index in [4.69, 9.17) is 0 Å². The fraction of sp³-hybridized carbons (Fsp3) is 0.217. The Morgan fingerprint density at radius 2 is 1.50 bits per heavy atom. The van der Waals surface area contributed by atoms with E-state index in [1.54, 1.807) is 0 Å². The number of hydrogen-bond acceptors (Lipinski definition) is 3. The quantitative estimate of drug-likeness (QED) is 0.446. The van der Waals surface area contributed by atoms with Crippen LogP contribution in [0.3, 0.4) is 0 Å². The Labute approximate surface area is 168 Å². The summed E-state index contributed by atoms with van der Waals surface area (Å²) in [6, 6.07) is 26.2. The Bertz CT molecular complexity index is 816. The monoisotopic (exact) mass is 394 g/mol. The van der Waals surface area contributed by atoms with E-state index in [0.29, 0.717) is 5.92 Å². The van der Waals surface area contributed by atoms with Crippen molar-refractivity contribution in [3.05, 3.63) is 100 Å². The van der Waals surface area contributed by atoms with Gasteiger partial charge >= 0.3 is 0 Å². The summed E-state index contributed by atoms with van der Waals surface area (Å²) in [6.07, 6.45) is 6.02. The zero-order chi connectivity index (χ0) is 17.7. The van der Waals surface area contributed by atoms with Gasteiger partial charge in [-0.2, -0.15) is 0 Å². The molecule has 0 nitrogen and oxygen atoms in total. The molecular weight excluding hydrogens is 372 g/mol. The average molecular weight is 395 g/mol. The van der Waals surface area contributed by atoms with Gasteiger partial charge in [0.05, 0.1) is 0 Å². The van der Waals surface area contributed by atoms with Gasteiger partial charge in [-0.25, -0.2) is 0 Å². The maximum atomic E-state index is 2.43.